The Morgan fingerprint density at radius 2 is 2.03 bits per heavy atom. The van der Waals surface area contributed by atoms with E-state index in [4.69, 9.17) is 4.74 Å². The van der Waals surface area contributed by atoms with E-state index in [9.17, 15) is 9.59 Å². The SMILES string of the molecule is CCNC(=O)c1nc2c(N[C@H]3CCN(C(=O)OC(C)(C)C)C3)ncnc2n1CC. The molecule has 0 unspecified atom stereocenters. The van der Waals surface area contributed by atoms with Gasteiger partial charge in [-0.15, -0.1) is 0 Å². The smallest absolute Gasteiger partial charge is 0.410 e. The first-order chi connectivity index (χ1) is 13.7. The molecule has 2 aromatic heterocycles. The summed E-state index contributed by atoms with van der Waals surface area (Å²) in [6.45, 7) is 11.6. The summed E-state index contributed by atoms with van der Waals surface area (Å²) in [5.74, 6) is 0.633. The molecule has 0 aliphatic carbocycles. The minimum atomic E-state index is -0.524. The van der Waals surface area contributed by atoms with Gasteiger partial charge < -0.3 is 24.8 Å². The van der Waals surface area contributed by atoms with Gasteiger partial charge in [0.2, 0.25) is 5.82 Å². The molecule has 1 atom stereocenters. The van der Waals surface area contributed by atoms with Crippen molar-refractivity contribution >= 4 is 29.0 Å². The summed E-state index contributed by atoms with van der Waals surface area (Å²) in [5.41, 5.74) is 0.628. The fraction of sp³-hybridized carbons (Fsp3) is 0.632. The molecule has 0 saturated carbocycles. The molecule has 3 heterocycles. The maximum Gasteiger partial charge on any atom is 0.410 e. The number of hydrogen-bond donors (Lipinski definition) is 2. The normalized spacial score (nSPS) is 16.9. The van der Waals surface area contributed by atoms with Crippen molar-refractivity contribution in [3.8, 4) is 0 Å². The van der Waals surface area contributed by atoms with Crippen LogP contribution in [0.5, 0.6) is 0 Å². The van der Waals surface area contributed by atoms with Crippen LogP contribution in [0.1, 0.15) is 51.7 Å². The van der Waals surface area contributed by atoms with Gasteiger partial charge in [-0.05, 0) is 41.0 Å². The second-order valence-electron chi connectivity index (χ2n) is 7.99. The molecular formula is C19H29N7O3. The number of aryl methyl sites for hydroxylation is 1. The molecule has 2 amide bonds. The van der Waals surface area contributed by atoms with Gasteiger partial charge in [0.1, 0.15) is 11.9 Å². The second kappa shape index (κ2) is 8.22. The molecule has 0 spiro atoms. The van der Waals surface area contributed by atoms with Gasteiger partial charge in [-0.25, -0.2) is 19.7 Å². The highest BCUT2D eigenvalue weighted by atomic mass is 16.6. The minimum absolute atomic E-state index is 0.0142. The first kappa shape index (κ1) is 20.8. The van der Waals surface area contributed by atoms with Gasteiger partial charge in [0.15, 0.2) is 17.0 Å². The Labute approximate surface area is 170 Å². The van der Waals surface area contributed by atoms with E-state index in [2.05, 4.69) is 25.6 Å². The molecule has 0 bridgehead atoms. The fourth-order valence-corrected chi connectivity index (χ4v) is 3.32. The highest BCUT2D eigenvalue weighted by Crippen LogP contribution is 2.23. The zero-order chi connectivity index (χ0) is 21.2. The number of imidazole rings is 1. The number of fused-ring (bicyclic) bond motifs is 1. The van der Waals surface area contributed by atoms with Gasteiger partial charge in [0, 0.05) is 32.2 Å². The predicted octanol–water partition coefficient (Wildman–Crippen LogP) is 2.02. The summed E-state index contributed by atoms with van der Waals surface area (Å²) in [6.07, 6.45) is 1.91. The zero-order valence-corrected chi connectivity index (χ0v) is 17.7. The van der Waals surface area contributed by atoms with Crippen LogP contribution in [0.4, 0.5) is 10.6 Å². The molecule has 3 rings (SSSR count). The van der Waals surface area contributed by atoms with Crippen molar-refractivity contribution in [3.05, 3.63) is 12.2 Å². The molecule has 0 aromatic carbocycles. The van der Waals surface area contributed by atoms with Crippen molar-refractivity contribution in [2.45, 2.75) is 59.2 Å². The van der Waals surface area contributed by atoms with Crippen LogP contribution in [0.3, 0.4) is 0 Å². The molecule has 29 heavy (non-hydrogen) atoms. The third kappa shape index (κ3) is 4.57. The lowest BCUT2D eigenvalue weighted by Gasteiger charge is -2.24. The second-order valence-corrected chi connectivity index (χ2v) is 7.99. The molecule has 10 heteroatoms. The quantitative estimate of drug-likeness (QED) is 0.785. The molecule has 0 radical (unpaired) electrons. The number of rotatable bonds is 5. The van der Waals surface area contributed by atoms with Crippen molar-refractivity contribution in [2.75, 3.05) is 25.0 Å². The number of carbonyl (C=O) groups excluding carboxylic acids is 2. The lowest BCUT2D eigenvalue weighted by atomic mass is 10.2. The summed E-state index contributed by atoms with van der Waals surface area (Å²) in [6, 6.07) is 0.0142. The number of hydrogen-bond acceptors (Lipinski definition) is 7. The molecule has 2 N–H and O–H groups in total. The first-order valence-electron chi connectivity index (χ1n) is 9.97. The minimum Gasteiger partial charge on any atom is -0.444 e. The number of anilines is 1. The van der Waals surface area contributed by atoms with Crippen LogP contribution in [0.2, 0.25) is 0 Å². The average molecular weight is 403 g/mol. The molecule has 1 aliphatic heterocycles. The number of nitrogens with one attached hydrogen (secondary N) is 2. The summed E-state index contributed by atoms with van der Waals surface area (Å²) in [5, 5.41) is 6.14. The molecule has 10 nitrogen and oxygen atoms in total. The number of ether oxygens (including phenoxy) is 1. The summed E-state index contributed by atoms with van der Waals surface area (Å²) in [7, 11) is 0. The number of likely N-dealkylation sites (tertiary alicyclic amines) is 1. The number of aromatic nitrogens is 4. The fourth-order valence-electron chi connectivity index (χ4n) is 3.32. The Morgan fingerprint density at radius 3 is 2.69 bits per heavy atom. The van der Waals surface area contributed by atoms with Crippen LogP contribution < -0.4 is 10.6 Å². The Balaban J connectivity index is 1.79. The number of amides is 2. The van der Waals surface area contributed by atoms with Crippen LogP contribution in [-0.2, 0) is 11.3 Å². The van der Waals surface area contributed by atoms with E-state index in [0.717, 1.165) is 6.42 Å². The maximum atomic E-state index is 12.4. The van der Waals surface area contributed by atoms with Crippen LogP contribution in [0, 0.1) is 0 Å². The van der Waals surface area contributed by atoms with Gasteiger partial charge >= 0.3 is 6.09 Å². The van der Waals surface area contributed by atoms with Crippen molar-refractivity contribution < 1.29 is 14.3 Å². The lowest BCUT2D eigenvalue weighted by Crippen LogP contribution is -2.36. The largest absolute Gasteiger partial charge is 0.444 e. The molecule has 2 aromatic rings. The monoisotopic (exact) mass is 403 g/mol. The predicted molar refractivity (Wildman–Crippen MR) is 109 cm³/mol. The number of nitrogens with zero attached hydrogens (tertiary/aromatic N) is 5. The standard InChI is InChI=1S/C19H29N7O3/c1-6-20-17(27)16-24-13-14(21-11-22-15(13)26(16)7-2)23-12-8-9-25(10-12)18(28)29-19(3,4)5/h11-12H,6-10H2,1-5H3,(H,20,27)(H,21,22,23)/t12-/m0/s1. The summed E-state index contributed by atoms with van der Waals surface area (Å²) >= 11 is 0. The van der Waals surface area contributed by atoms with Crippen LogP contribution >= 0.6 is 0 Å². The highest BCUT2D eigenvalue weighted by molar-refractivity contribution is 5.96. The van der Waals surface area contributed by atoms with E-state index in [1.165, 1.54) is 6.33 Å². The third-order valence-corrected chi connectivity index (χ3v) is 4.57. The van der Waals surface area contributed by atoms with Gasteiger partial charge in [-0.2, -0.15) is 0 Å². The van der Waals surface area contributed by atoms with Gasteiger partial charge in [-0.1, -0.05) is 0 Å². The van der Waals surface area contributed by atoms with Crippen LogP contribution in [0.15, 0.2) is 6.33 Å². The van der Waals surface area contributed by atoms with E-state index in [1.54, 1.807) is 9.47 Å². The van der Waals surface area contributed by atoms with E-state index >= 15 is 0 Å². The Morgan fingerprint density at radius 1 is 1.28 bits per heavy atom. The van der Waals surface area contributed by atoms with Crippen molar-refractivity contribution in [1.82, 2.24) is 29.7 Å². The maximum absolute atomic E-state index is 12.4. The topological polar surface area (TPSA) is 114 Å². The van der Waals surface area contributed by atoms with Gasteiger partial charge in [0.25, 0.3) is 5.91 Å². The van der Waals surface area contributed by atoms with Crippen molar-refractivity contribution in [1.29, 1.82) is 0 Å². The lowest BCUT2D eigenvalue weighted by molar-refractivity contribution is 0.0293. The number of carbonyl (C=O) groups is 2. The molecule has 1 aliphatic rings. The van der Waals surface area contributed by atoms with Gasteiger partial charge in [-0.3, -0.25) is 4.79 Å². The zero-order valence-electron chi connectivity index (χ0n) is 17.7. The van der Waals surface area contributed by atoms with Crippen LogP contribution in [-0.4, -0.2) is 67.7 Å². The summed E-state index contributed by atoms with van der Waals surface area (Å²) < 4.78 is 7.22. The third-order valence-electron chi connectivity index (χ3n) is 4.57. The van der Waals surface area contributed by atoms with Crippen molar-refractivity contribution in [2.24, 2.45) is 0 Å². The summed E-state index contributed by atoms with van der Waals surface area (Å²) in [4.78, 5) is 39.5. The van der Waals surface area contributed by atoms with Crippen molar-refractivity contribution in [3.63, 3.8) is 0 Å². The Hall–Kier alpha value is -2.91. The molecular weight excluding hydrogens is 374 g/mol. The van der Waals surface area contributed by atoms with E-state index in [-0.39, 0.29) is 18.0 Å². The van der Waals surface area contributed by atoms with E-state index in [1.807, 2.05) is 34.6 Å². The average Bonchev–Trinajstić information content (AvgIpc) is 3.25. The highest BCUT2D eigenvalue weighted by Gasteiger charge is 2.30. The molecule has 1 saturated heterocycles. The van der Waals surface area contributed by atoms with Gasteiger partial charge in [0.05, 0.1) is 0 Å². The van der Waals surface area contributed by atoms with E-state index < -0.39 is 5.60 Å². The van der Waals surface area contributed by atoms with Crippen LogP contribution in [0.25, 0.3) is 11.2 Å². The molecule has 158 valence electrons. The molecule has 1 fully saturated rings. The Kier molecular flexibility index (Phi) is 5.90. The van der Waals surface area contributed by atoms with E-state index in [0.29, 0.717) is 49.0 Å². The Bertz CT molecular complexity index is 903. The first-order valence-corrected chi connectivity index (χ1v) is 9.97.